The molecule has 2 unspecified atom stereocenters. The average molecular weight is 391 g/mol. The van der Waals surface area contributed by atoms with Crippen molar-refractivity contribution < 1.29 is 23.7 Å². The monoisotopic (exact) mass is 391 g/mol. The number of nitrogens with zero attached hydrogens (tertiary/aromatic N) is 2. The Kier molecular flexibility index (Phi) is 5.11. The van der Waals surface area contributed by atoms with Crippen LogP contribution in [0.4, 0.5) is 11.5 Å². The summed E-state index contributed by atoms with van der Waals surface area (Å²) >= 11 is 5.50. The molecule has 9 heteroatoms. The summed E-state index contributed by atoms with van der Waals surface area (Å²) in [6, 6.07) is 7.64. The second-order valence-corrected chi connectivity index (χ2v) is 6.65. The fourth-order valence-corrected chi connectivity index (χ4v) is 3.72. The van der Waals surface area contributed by atoms with Crippen molar-refractivity contribution in [2.24, 2.45) is 0 Å². The topological polar surface area (TPSA) is 76.0 Å². The van der Waals surface area contributed by atoms with Gasteiger partial charge in [0.1, 0.15) is 18.3 Å². The fourth-order valence-electron chi connectivity index (χ4n) is 3.47. The van der Waals surface area contributed by atoms with Crippen LogP contribution in [0.2, 0.25) is 0 Å². The van der Waals surface area contributed by atoms with Gasteiger partial charge < -0.3 is 29.0 Å². The summed E-state index contributed by atoms with van der Waals surface area (Å²) in [5, 5.41) is 3.24. The molecule has 8 nitrogen and oxygen atoms in total. The maximum Gasteiger partial charge on any atom is 0.203 e. The van der Waals surface area contributed by atoms with Crippen molar-refractivity contribution in [1.82, 2.24) is 9.55 Å². The van der Waals surface area contributed by atoms with E-state index in [0.29, 0.717) is 22.9 Å². The highest BCUT2D eigenvalue weighted by Gasteiger charge is 2.46. The predicted octanol–water partition coefficient (Wildman–Crippen LogP) is 3.04. The summed E-state index contributed by atoms with van der Waals surface area (Å²) in [5.74, 6) is 1.85. The van der Waals surface area contributed by atoms with Crippen LogP contribution >= 0.6 is 12.2 Å². The van der Waals surface area contributed by atoms with E-state index in [1.807, 2.05) is 24.3 Å². The molecule has 1 aromatic carbocycles. The van der Waals surface area contributed by atoms with Crippen LogP contribution in [-0.4, -0.2) is 55.8 Å². The van der Waals surface area contributed by atoms with E-state index in [2.05, 4.69) is 10.3 Å². The summed E-state index contributed by atoms with van der Waals surface area (Å²) in [6.07, 6.45) is 0.327. The molecule has 1 saturated heterocycles. The third-order valence-electron chi connectivity index (χ3n) is 4.71. The van der Waals surface area contributed by atoms with E-state index >= 15 is 0 Å². The molecule has 0 bridgehead atoms. The quantitative estimate of drug-likeness (QED) is 0.665. The molecule has 2 aliphatic heterocycles. The first-order chi connectivity index (χ1) is 13.2. The van der Waals surface area contributed by atoms with Crippen LogP contribution in [0.5, 0.6) is 11.5 Å². The molecule has 1 N–H and O–H groups in total. The molecule has 1 aromatic heterocycles. The number of fused-ring (bicyclic) bond motifs is 2. The highest BCUT2D eigenvalue weighted by molar-refractivity contribution is 7.71. The van der Waals surface area contributed by atoms with Gasteiger partial charge in [0.25, 0.3) is 0 Å². The predicted molar refractivity (Wildman–Crippen MR) is 100 cm³/mol. The van der Waals surface area contributed by atoms with Crippen molar-refractivity contribution in [3.8, 4) is 11.5 Å². The standard InChI is InChI=1S/C18H21N3O5S/c1-22-9-13-14(23-2)15(24-3)17(26-13)21-8-12-16(20-18(21)27)19-10-6-4-5-7-11(10)25-12/h4-8,13-15,17H,9H2,1-3H3,(H,19,20,27)/t13-,14?,15?,17-/m1/s1. The summed E-state index contributed by atoms with van der Waals surface area (Å²) in [5.41, 5.74) is 0.844. The zero-order valence-electron chi connectivity index (χ0n) is 15.2. The Bertz CT molecular complexity index is 890. The number of methoxy groups -OCH3 is 3. The van der Waals surface area contributed by atoms with Gasteiger partial charge in [-0.25, -0.2) is 0 Å². The SMILES string of the molecule is COC[C@H]1O[C@@H](n2cc3c(nc2=S)Nc2ccccc2O3)C(OC)C1OC. The van der Waals surface area contributed by atoms with Gasteiger partial charge >= 0.3 is 0 Å². The fraction of sp³-hybridized carbons (Fsp3) is 0.444. The van der Waals surface area contributed by atoms with E-state index in [-0.39, 0.29) is 18.3 Å². The third-order valence-corrected chi connectivity index (χ3v) is 5.02. The van der Waals surface area contributed by atoms with Gasteiger partial charge in [-0.3, -0.25) is 4.57 Å². The molecule has 144 valence electrons. The van der Waals surface area contributed by atoms with Crippen molar-refractivity contribution in [3.05, 3.63) is 35.2 Å². The molecule has 27 heavy (non-hydrogen) atoms. The van der Waals surface area contributed by atoms with Crippen LogP contribution in [0.1, 0.15) is 6.23 Å². The van der Waals surface area contributed by atoms with Crippen molar-refractivity contribution in [2.75, 3.05) is 33.3 Å². The lowest BCUT2D eigenvalue weighted by atomic mass is 10.1. The molecule has 0 amide bonds. The maximum atomic E-state index is 6.14. The number of ether oxygens (including phenoxy) is 5. The van der Waals surface area contributed by atoms with Crippen LogP contribution < -0.4 is 10.1 Å². The Morgan fingerprint density at radius 1 is 1.15 bits per heavy atom. The van der Waals surface area contributed by atoms with Crippen molar-refractivity contribution in [1.29, 1.82) is 0 Å². The molecular weight excluding hydrogens is 370 g/mol. The van der Waals surface area contributed by atoms with Gasteiger partial charge in [0.15, 0.2) is 23.5 Å². The number of para-hydroxylation sites is 2. The van der Waals surface area contributed by atoms with Gasteiger partial charge in [0, 0.05) is 21.3 Å². The minimum atomic E-state index is -0.508. The first kappa shape index (κ1) is 18.3. The third kappa shape index (κ3) is 3.21. The molecule has 1 fully saturated rings. The Morgan fingerprint density at radius 2 is 1.93 bits per heavy atom. The maximum absolute atomic E-state index is 6.14. The lowest BCUT2D eigenvalue weighted by Crippen LogP contribution is -2.37. The number of rotatable bonds is 5. The van der Waals surface area contributed by atoms with Gasteiger partial charge in [-0.15, -0.1) is 0 Å². The van der Waals surface area contributed by atoms with Crippen LogP contribution in [0.3, 0.4) is 0 Å². The highest BCUT2D eigenvalue weighted by atomic mass is 32.1. The largest absolute Gasteiger partial charge is 0.450 e. The van der Waals surface area contributed by atoms with E-state index in [4.69, 9.17) is 35.9 Å². The molecule has 3 heterocycles. The lowest BCUT2D eigenvalue weighted by Gasteiger charge is -2.25. The summed E-state index contributed by atoms with van der Waals surface area (Å²) in [7, 11) is 4.86. The van der Waals surface area contributed by atoms with Crippen LogP contribution in [-0.2, 0) is 18.9 Å². The number of hydrogen-bond acceptors (Lipinski definition) is 8. The molecule has 0 spiro atoms. The number of hydrogen-bond donors (Lipinski definition) is 1. The molecule has 0 saturated carbocycles. The molecule has 2 aliphatic rings. The van der Waals surface area contributed by atoms with Gasteiger partial charge in [0.2, 0.25) is 4.77 Å². The molecule has 4 atom stereocenters. The van der Waals surface area contributed by atoms with Gasteiger partial charge in [0.05, 0.1) is 18.5 Å². The number of anilines is 2. The molecular formula is C18H21N3O5S. The van der Waals surface area contributed by atoms with Gasteiger partial charge in [-0.1, -0.05) is 12.1 Å². The number of nitrogens with one attached hydrogen (secondary N) is 1. The zero-order chi connectivity index (χ0) is 19.0. The van der Waals surface area contributed by atoms with Crippen molar-refractivity contribution in [3.63, 3.8) is 0 Å². The van der Waals surface area contributed by atoms with Crippen LogP contribution in [0, 0.1) is 4.77 Å². The van der Waals surface area contributed by atoms with Crippen molar-refractivity contribution in [2.45, 2.75) is 24.5 Å². The minimum Gasteiger partial charge on any atom is -0.450 e. The minimum absolute atomic E-state index is 0.285. The summed E-state index contributed by atoms with van der Waals surface area (Å²) in [6.45, 7) is 0.381. The van der Waals surface area contributed by atoms with E-state index in [1.165, 1.54) is 0 Å². The summed E-state index contributed by atoms with van der Waals surface area (Å²) < 4.78 is 30.7. The Morgan fingerprint density at radius 3 is 2.67 bits per heavy atom. The van der Waals surface area contributed by atoms with E-state index in [0.717, 1.165) is 11.4 Å². The van der Waals surface area contributed by atoms with Crippen molar-refractivity contribution >= 4 is 23.7 Å². The van der Waals surface area contributed by atoms with E-state index in [9.17, 15) is 0 Å². The Labute approximate surface area is 162 Å². The second kappa shape index (κ2) is 7.53. The average Bonchev–Trinajstić information content (AvgIpc) is 3.03. The van der Waals surface area contributed by atoms with Crippen LogP contribution in [0.15, 0.2) is 30.5 Å². The summed E-state index contributed by atoms with van der Waals surface area (Å²) in [4.78, 5) is 4.48. The van der Waals surface area contributed by atoms with E-state index in [1.54, 1.807) is 32.1 Å². The van der Waals surface area contributed by atoms with Gasteiger partial charge in [-0.05, 0) is 24.4 Å². The molecule has 2 aromatic rings. The zero-order valence-corrected chi connectivity index (χ0v) is 16.1. The smallest absolute Gasteiger partial charge is 0.203 e. The number of benzene rings is 1. The van der Waals surface area contributed by atoms with E-state index < -0.39 is 6.23 Å². The Balaban J connectivity index is 1.70. The first-order valence-electron chi connectivity index (χ1n) is 8.53. The normalized spacial score (nSPS) is 26.0. The van der Waals surface area contributed by atoms with Gasteiger partial charge in [-0.2, -0.15) is 4.98 Å². The highest BCUT2D eigenvalue weighted by Crippen LogP contribution is 2.42. The second-order valence-electron chi connectivity index (χ2n) is 6.29. The lowest BCUT2D eigenvalue weighted by molar-refractivity contribution is -0.0665. The Hall–Kier alpha value is -2.04. The molecule has 0 radical (unpaired) electrons. The first-order valence-corrected chi connectivity index (χ1v) is 8.94. The molecule has 0 aliphatic carbocycles. The van der Waals surface area contributed by atoms with Crippen LogP contribution in [0.25, 0.3) is 0 Å². The number of aromatic nitrogens is 2. The molecule has 4 rings (SSSR count).